The van der Waals surface area contributed by atoms with E-state index < -0.39 is 15.8 Å². The molecule has 0 spiro atoms. The largest absolute Gasteiger partial charge is 1.00 e. The molecule has 0 saturated heterocycles. The number of para-hydroxylation sites is 4. The van der Waals surface area contributed by atoms with Gasteiger partial charge in [0.1, 0.15) is 31.8 Å². The predicted octanol–water partition coefficient (Wildman–Crippen LogP) is 8.53. The molecule has 0 saturated carbocycles. The predicted molar refractivity (Wildman–Crippen MR) is 256 cm³/mol. The van der Waals surface area contributed by atoms with Crippen molar-refractivity contribution < 1.29 is 50.2 Å². The number of hydrogen-bond acceptors (Lipinski definition) is 2. The van der Waals surface area contributed by atoms with Gasteiger partial charge in [-0.25, -0.2) is 0 Å². The Hall–Kier alpha value is -5.00. The Kier molecular flexibility index (Phi) is 20.5. The first-order valence-electron chi connectivity index (χ1n) is 19.4. The van der Waals surface area contributed by atoms with E-state index in [0.29, 0.717) is 0 Å². The van der Waals surface area contributed by atoms with Gasteiger partial charge in [-0.2, -0.15) is 0 Å². The molecule has 0 fully saturated rings. The van der Waals surface area contributed by atoms with Crippen molar-refractivity contribution in [3.63, 3.8) is 0 Å². The zero-order chi connectivity index (χ0) is 39.8. The van der Waals surface area contributed by atoms with Gasteiger partial charge in [-0.05, 0) is 109 Å². The zero-order valence-electron chi connectivity index (χ0n) is 33.8. The van der Waals surface area contributed by atoms with Gasteiger partial charge >= 0.3 is 44.8 Å². The normalized spacial score (nSPS) is 10.0. The third-order valence-corrected chi connectivity index (χ3v) is 14.7. The number of nitrogens with zero attached hydrogens (tertiary/aromatic N) is 4. The summed E-state index contributed by atoms with van der Waals surface area (Å²) in [5.41, 5.74) is 3.94. The summed E-state index contributed by atoms with van der Waals surface area (Å²) < 4.78 is 0. The Morgan fingerprint density at radius 2 is 0.492 bits per heavy atom. The van der Waals surface area contributed by atoms with Gasteiger partial charge < -0.3 is 25.4 Å². The number of aromatic nitrogens is 4. The second-order valence-electron chi connectivity index (χ2n) is 13.5. The maximum atomic E-state index is 4.20. The van der Waals surface area contributed by atoms with Crippen LogP contribution in [0.5, 0.6) is 0 Å². The van der Waals surface area contributed by atoms with Gasteiger partial charge in [-0.1, -0.05) is 169 Å². The van der Waals surface area contributed by atoms with Gasteiger partial charge in [0.05, 0.1) is 15.8 Å². The van der Waals surface area contributed by atoms with Crippen LogP contribution in [-0.4, -0.2) is 15.4 Å². The molecule has 10 aromatic rings. The molecular weight excluding hydrogens is 1150 g/mol. The number of aryl methyl sites for hydroxylation is 2. The van der Waals surface area contributed by atoms with Crippen LogP contribution >= 0.6 is 15.8 Å². The molecular formula is C52H48Au2N4OP2+2. The molecule has 312 valence electrons. The van der Waals surface area contributed by atoms with Gasteiger partial charge in [0.25, 0.3) is 0 Å². The average molecular weight is 1200 g/mol. The minimum Gasteiger partial charge on any atom is -0.440 e. The molecule has 10 rings (SSSR count). The van der Waals surface area contributed by atoms with Crippen LogP contribution in [0.15, 0.2) is 231 Å². The topological polar surface area (TPSA) is 85.5 Å². The van der Waals surface area contributed by atoms with Crippen LogP contribution in [0.4, 0.5) is 0 Å². The second-order valence-corrected chi connectivity index (χ2v) is 18.4. The van der Waals surface area contributed by atoms with Crippen molar-refractivity contribution in [1.82, 2.24) is 19.9 Å². The molecule has 0 aliphatic heterocycles. The summed E-state index contributed by atoms with van der Waals surface area (Å²) in [5.74, 6) is 1.70. The first kappa shape index (κ1) is 48.7. The summed E-state index contributed by atoms with van der Waals surface area (Å²) in [7, 11) is -1.75. The van der Waals surface area contributed by atoms with E-state index in [1.807, 2.05) is 62.4 Å². The van der Waals surface area contributed by atoms with Gasteiger partial charge in [0.15, 0.2) is 0 Å². The maximum Gasteiger partial charge on any atom is 1.00 e. The van der Waals surface area contributed by atoms with Gasteiger partial charge in [-0.3, -0.25) is 0 Å². The van der Waals surface area contributed by atoms with Crippen molar-refractivity contribution in [2.45, 2.75) is 13.8 Å². The number of fused-ring (bicyclic) bond motifs is 2. The van der Waals surface area contributed by atoms with E-state index in [0.717, 1.165) is 33.7 Å². The quantitative estimate of drug-likeness (QED) is 0.124. The van der Waals surface area contributed by atoms with Crippen LogP contribution in [0.1, 0.15) is 11.6 Å². The third-order valence-electron chi connectivity index (χ3n) is 9.27. The molecule has 2 aromatic heterocycles. The van der Waals surface area contributed by atoms with Crippen molar-refractivity contribution >= 4 is 69.7 Å². The van der Waals surface area contributed by atoms with Crippen LogP contribution in [0, 0.1) is 13.8 Å². The van der Waals surface area contributed by atoms with Gasteiger partial charge in [-0.15, -0.1) is 0 Å². The van der Waals surface area contributed by atoms with Crippen LogP contribution in [-0.2, 0) is 44.8 Å². The number of imidazole rings is 2. The Bertz CT molecular complexity index is 2260. The number of hydrogen-bond donors (Lipinski definition) is 0. The number of benzene rings is 8. The van der Waals surface area contributed by atoms with Crippen molar-refractivity contribution in [3.8, 4) is 0 Å². The molecule has 0 unspecified atom stereocenters. The van der Waals surface area contributed by atoms with E-state index in [1.165, 1.54) is 31.8 Å². The van der Waals surface area contributed by atoms with Crippen LogP contribution < -0.4 is 41.8 Å². The van der Waals surface area contributed by atoms with E-state index in [4.69, 9.17) is 0 Å². The minimum atomic E-state index is -0.877. The molecule has 61 heavy (non-hydrogen) atoms. The summed E-state index contributed by atoms with van der Waals surface area (Å²) >= 11 is 0. The molecule has 0 atom stereocenters. The first-order valence-corrected chi connectivity index (χ1v) is 22.4. The van der Waals surface area contributed by atoms with E-state index in [2.05, 4.69) is 202 Å². The van der Waals surface area contributed by atoms with Crippen LogP contribution in [0.2, 0.25) is 0 Å². The molecule has 0 radical (unpaired) electrons. The van der Waals surface area contributed by atoms with Crippen LogP contribution in [0.25, 0.3) is 22.1 Å². The summed E-state index contributed by atoms with van der Waals surface area (Å²) in [6, 6.07) is 80.7. The van der Waals surface area contributed by atoms with Crippen molar-refractivity contribution in [1.29, 1.82) is 0 Å². The monoisotopic (exact) mass is 1200 g/mol. The molecule has 0 aliphatic carbocycles. The maximum absolute atomic E-state index is 4.20. The zero-order valence-corrected chi connectivity index (χ0v) is 40.2. The Morgan fingerprint density at radius 1 is 0.295 bits per heavy atom. The van der Waals surface area contributed by atoms with E-state index in [-0.39, 0.29) is 50.2 Å². The molecule has 0 aliphatic rings. The summed E-state index contributed by atoms with van der Waals surface area (Å²) in [6.07, 6.45) is 0. The number of rotatable bonds is 6. The Labute approximate surface area is 393 Å². The molecule has 8 aromatic carbocycles. The van der Waals surface area contributed by atoms with Crippen molar-refractivity contribution in [2.75, 3.05) is 0 Å². The van der Waals surface area contributed by atoms with Crippen LogP contribution in [0.3, 0.4) is 0 Å². The fourth-order valence-corrected chi connectivity index (χ4v) is 11.8. The third kappa shape index (κ3) is 14.0. The molecule has 2 heterocycles. The minimum absolute atomic E-state index is 0. The molecule has 5 nitrogen and oxygen atoms in total. The fourth-order valence-electron chi connectivity index (χ4n) is 6.68. The SMILES string of the molecule is Cc1nc2ccccc2[n-]1.Cc1nc2ccccc2[n-]1.O.[Au+].[Au+].c1ccc([PH+](c2ccccc2)c2ccccc2)cc1.c1ccc([PH+](c2ccccc2)c2ccccc2)cc1. The Balaban J connectivity index is 0.000000183. The van der Waals surface area contributed by atoms with Gasteiger partial charge in [0, 0.05) is 0 Å². The van der Waals surface area contributed by atoms with E-state index >= 15 is 0 Å². The summed E-state index contributed by atoms with van der Waals surface area (Å²) in [6.45, 7) is 3.81. The van der Waals surface area contributed by atoms with E-state index in [9.17, 15) is 0 Å². The fraction of sp³-hybridized carbons (Fsp3) is 0.0385. The smallest absolute Gasteiger partial charge is 0.440 e. The Morgan fingerprint density at radius 3 is 0.705 bits per heavy atom. The van der Waals surface area contributed by atoms with Crippen molar-refractivity contribution in [3.05, 3.63) is 242 Å². The molecule has 0 bridgehead atoms. The molecule has 9 heteroatoms. The standard InChI is InChI=1S/2C18H15P.2C8H7N2.2Au.H2O/c2*1-4-10-16(11-5-1)19(17-12-6-2-7-13-17)18-14-8-3-9-15-18;2*1-6-9-7-4-2-3-5-8(7)10-6;;;/h2*1-15H;2*2-5H,1H3;;;1H2/q;;2*-1;2*+1;/p+2. The van der Waals surface area contributed by atoms with Gasteiger partial charge in [0.2, 0.25) is 0 Å². The molecule has 0 amide bonds. The van der Waals surface area contributed by atoms with E-state index in [1.54, 1.807) is 0 Å². The van der Waals surface area contributed by atoms with Crippen molar-refractivity contribution in [2.24, 2.45) is 0 Å². The average Bonchev–Trinajstić information content (AvgIpc) is 3.87. The summed E-state index contributed by atoms with van der Waals surface area (Å²) in [4.78, 5) is 16.8. The second kappa shape index (κ2) is 25.7. The first-order chi connectivity index (χ1) is 28.6. The summed E-state index contributed by atoms with van der Waals surface area (Å²) in [5, 5.41) is 8.61. The molecule has 2 N–H and O–H groups in total.